The molecule has 1 aromatic carbocycles. The molecule has 1 unspecified atom stereocenters. The van der Waals surface area contributed by atoms with Gasteiger partial charge in [-0.2, -0.15) is 0 Å². The molecule has 102 valence electrons. The van der Waals surface area contributed by atoms with E-state index >= 15 is 0 Å². The minimum Gasteiger partial charge on any atom is -0.497 e. The Labute approximate surface area is 112 Å². The lowest BCUT2D eigenvalue weighted by Gasteiger charge is -2.31. The minimum absolute atomic E-state index is 0.311. The second-order valence-electron chi connectivity index (χ2n) is 5.93. The van der Waals surface area contributed by atoms with Crippen molar-refractivity contribution in [2.45, 2.75) is 34.1 Å². The molecular weight excluding hydrogens is 222 g/mol. The number of ether oxygens (including phenoxy) is 1. The van der Waals surface area contributed by atoms with Crippen LogP contribution < -0.4 is 10.1 Å². The summed E-state index contributed by atoms with van der Waals surface area (Å²) in [6.07, 6.45) is 1.09. The van der Waals surface area contributed by atoms with Crippen LogP contribution in [-0.2, 0) is 6.42 Å². The predicted molar refractivity (Wildman–Crippen MR) is 78.2 cm³/mol. The number of hydrogen-bond donors (Lipinski definition) is 1. The van der Waals surface area contributed by atoms with E-state index in [2.05, 4.69) is 51.2 Å². The summed E-state index contributed by atoms with van der Waals surface area (Å²) in [5, 5.41) is 3.47. The van der Waals surface area contributed by atoms with Crippen LogP contribution in [0.2, 0.25) is 0 Å². The zero-order valence-electron chi connectivity index (χ0n) is 12.4. The fourth-order valence-corrected chi connectivity index (χ4v) is 2.09. The summed E-state index contributed by atoms with van der Waals surface area (Å²) in [5.74, 6) is 1.58. The molecule has 2 nitrogen and oxygen atoms in total. The number of rotatable bonds is 6. The molecule has 0 aliphatic rings. The average molecular weight is 249 g/mol. The van der Waals surface area contributed by atoms with Gasteiger partial charge in [-0.15, -0.1) is 0 Å². The first-order chi connectivity index (χ1) is 8.47. The number of hydrogen-bond acceptors (Lipinski definition) is 2. The van der Waals surface area contributed by atoms with Crippen LogP contribution in [0.3, 0.4) is 0 Å². The van der Waals surface area contributed by atoms with Crippen molar-refractivity contribution >= 4 is 0 Å². The van der Waals surface area contributed by atoms with Crippen molar-refractivity contribution in [2.24, 2.45) is 11.3 Å². The van der Waals surface area contributed by atoms with Crippen molar-refractivity contribution < 1.29 is 4.74 Å². The van der Waals surface area contributed by atoms with Gasteiger partial charge >= 0.3 is 0 Å². The topological polar surface area (TPSA) is 21.3 Å². The Morgan fingerprint density at radius 1 is 1.28 bits per heavy atom. The zero-order valence-corrected chi connectivity index (χ0v) is 12.4. The molecule has 0 aliphatic heterocycles. The van der Waals surface area contributed by atoms with Crippen molar-refractivity contribution in [1.29, 1.82) is 0 Å². The fraction of sp³-hybridized carbons (Fsp3) is 0.625. The van der Waals surface area contributed by atoms with Crippen molar-refractivity contribution in [1.82, 2.24) is 5.32 Å². The van der Waals surface area contributed by atoms with Gasteiger partial charge in [0.1, 0.15) is 5.75 Å². The molecule has 0 heterocycles. The maximum Gasteiger partial charge on any atom is 0.119 e. The standard InChI is InChI=1S/C16H27NO/c1-6-17-12-14(16(2,3)4)10-13-8-7-9-15(11-13)18-5/h7-9,11,14,17H,6,10,12H2,1-5H3. The first-order valence-electron chi connectivity index (χ1n) is 6.81. The van der Waals surface area contributed by atoms with E-state index in [1.807, 2.05) is 6.07 Å². The Kier molecular flexibility index (Phi) is 5.67. The molecule has 0 amide bonds. The average Bonchev–Trinajstić information content (AvgIpc) is 2.33. The highest BCUT2D eigenvalue weighted by atomic mass is 16.5. The van der Waals surface area contributed by atoms with E-state index in [1.165, 1.54) is 5.56 Å². The lowest BCUT2D eigenvalue weighted by molar-refractivity contribution is 0.232. The van der Waals surface area contributed by atoms with Crippen LogP contribution in [-0.4, -0.2) is 20.2 Å². The summed E-state index contributed by atoms with van der Waals surface area (Å²) in [5.41, 5.74) is 1.66. The quantitative estimate of drug-likeness (QED) is 0.833. The van der Waals surface area contributed by atoms with E-state index in [-0.39, 0.29) is 0 Å². The van der Waals surface area contributed by atoms with Gasteiger partial charge in [0.05, 0.1) is 7.11 Å². The van der Waals surface area contributed by atoms with Crippen LogP contribution in [0.4, 0.5) is 0 Å². The third kappa shape index (κ3) is 4.69. The fourth-order valence-electron chi connectivity index (χ4n) is 2.09. The molecule has 0 radical (unpaired) electrons. The predicted octanol–water partition coefficient (Wildman–Crippen LogP) is 3.51. The van der Waals surface area contributed by atoms with Gasteiger partial charge in [0.2, 0.25) is 0 Å². The molecule has 2 heteroatoms. The Bertz CT molecular complexity index is 354. The van der Waals surface area contributed by atoms with Gasteiger partial charge in [0, 0.05) is 0 Å². The van der Waals surface area contributed by atoms with Crippen LogP contribution in [0.5, 0.6) is 5.75 Å². The first-order valence-corrected chi connectivity index (χ1v) is 6.81. The Balaban J connectivity index is 2.75. The highest BCUT2D eigenvalue weighted by Gasteiger charge is 2.24. The SMILES string of the molecule is CCNCC(Cc1cccc(OC)c1)C(C)(C)C. The molecule has 0 saturated heterocycles. The van der Waals surface area contributed by atoms with Crippen LogP contribution in [0.15, 0.2) is 24.3 Å². The molecule has 18 heavy (non-hydrogen) atoms. The molecule has 1 atom stereocenters. The van der Waals surface area contributed by atoms with Gasteiger partial charge < -0.3 is 10.1 Å². The monoisotopic (exact) mass is 249 g/mol. The highest BCUT2D eigenvalue weighted by molar-refractivity contribution is 5.28. The second kappa shape index (κ2) is 6.79. The molecule has 1 rings (SSSR count). The van der Waals surface area contributed by atoms with Crippen molar-refractivity contribution in [2.75, 3.05) is 20.2 Å². The van der Waals surface area contributed by atoms with Crippen LogP contribution in [0, 0.1) is 11.3 Å². The third-order valence-corrected chi connectivity index (χ3v) is 3.48. The summed E-state index contributed by atoms with van der Waals surface area (Å²) >= 11 is 0. The second-order valence-corrected chi connectivity index (χ2v) is 5.93. The Morgan fingerprint density at radius 3 is 2.56 bits per heavy atom. The molecule has 0 saturated carbocycles. The molecule has 1 aromatic rings. The number of methoxy groups -OCH3 is 1. The molecule has 0 aliphatic carbocycles. The van der Waals surface area contributed by atoms with E-state index in [0.29, 0.717) is 11.3 Å². The molecule has 0 fully saturated rings. The van der Waals surface area contributed by atoms with Gasteiger partial charge in [-0.1, -0.05) is 39.8 Å². The maximum absolute atomic E-state index is 5.29. The van der Waals surface area contributed by atoms with E-state index < -0.39 is 0 Å². The minimum atomic E-state index is 0.311. The Morgan fingerprint density at radius 2 is 2.00 bits per heavy atom. The lowest BCUT2D eigenvalue weighted by Crippen LogP contribution is -2.33. The van der Waals surface area contributed by atoms with Crippen LogP contribution in [0.25, 0.3) is 0 Å². The summed E-state index contributed by atoms with van der Waals surface area (Å²) in [7, 11) is 1.72. The Hall–Kier alpha value is -1.02. The summed E-state index contributed by atoms with van der Waals surface area (Å²) in [4.78, 5) is 0. The van der Waals surface area contributed by atoms with Gasteiger partial charge in [0.15, 0.2) is 0 Å². The molecule has 0 spiro atoms. The van der Waals surface area contributed by atoms with Crippen molar-refractivity contribution in [3.8, 4) is 5.75 Å². The smallest absolute Gasteiger partial charge is 0.119 e. The van der Waals surface area contributed by atoms with E-state index in [1.54, 1.807) is 7.11 Å². The van der Waals surface area contributed by atoms with Crippen molar-refractivity contribution in [3.05, 3.63) is 29.8 Å². The number of nitrogens with one attached hydrogen (secondary N) is 1. The van der Waals surface area contributed by atoms with Gasteiger partial charge in [-0.3, -0.25) is 0 Å². The third-order valence-electron chi connectivity index (χ3n) is 3.48. The van der Waals surface area contributed by atoms with Gasteiger partial charge in [0.25, 0.3) is 0 Å². The zero-order chi connectivity index (χ0) is 13.6. The van der Waals surface area contributed by atoms with Gasteiger partial charge in [-0.25, -0.2) is 0 Å². The van der Waals surface area contributed by atoms with E-state index in [0.717, 1.165) is 25.3 Å². The first kappa shape index (κ1) is 15.0. The van der Waals surface area contributed by atoms with Gasteiger partial charge in [-0.05, 0) is 48.5 Å². The summed E-state index contributed by atoms with van der Waals surface area (Å²) in [6.45, 7) is 11.2. The normalized spacial score (nSPS) is 13.4. The molecule has 0 bridgehead atoms. The largest absolute Gasteiger partial charge is 0.497 e. The number of benzene rings is 1. The van der Waals surface area contributed by atoms with E-state index in [4.69, 9.17) is 4.74 Å². The maximum atomic E-state index is 5.29. The molecular formula is C16H27NO. The van der Waals surface area contributed by atoms with Crippen LogP contribution in [0.1, 0.15) is 33.3 Å². The lowest BCUT2D eigenvalue weighted by atomic mass is 9.77. The molecule has 1 N–H and O–H groups in total. The van der Waals surface area contributed by atoms with Crippen LogP contribution >= 0.6 is 0 Å². The summed E-state index contributed by atoms with van der Waals surface area (Å²) in [6, 6.07) is 8.40. The van der Waals surface area contributed by atoms with E-state index in [9.17, 15) is 0 Å². The summed E-state index contributed by atoms with van der Waals surface area (Å²) < 4.78 is 5.29. The molecule has 0 aromatic heterocycles. The highest BCUT2D eigenvalue weighted by Crippen LogP contribution is 2.29. The van der Waals surface area contributed by atoms with Crippen molar-refractivity contribution in [3.63, 3.8) is 0 Å².